The Morgan fingerprint density at radius 1 is 1.08 bits per heavy atom. The quantitative estimate of drug-likeness (QED) is 0.339. The maximum Gasteiger partial charge on any atom is 0.161 e. The number of aromatic nitrogens is 2. The Morgan fingerprint density at radius 3 is 2.57 bits per heavy atom. The van der Waals surface area contributed by atoms with Crippen LogP contribution in [0.15, 0.2) is 42.7 Å². The monoisotopic (exact) mass is 527 g/mol. The Morgan fingerprint density at radius 2 is 1.86 bits per heavy atom. The highest BCUT2D eigenvalue weighted by atomic mass is 35.5. The molecule has 1 unspecified atom stereocenters. The number of benzene rings is 2. The Balaban J connectivity index is 1.33. The van der Waals surface area contributed by atoms with Gasteiger partial charge in [0.2, 0.25) is 0 Å². The van der Waals surface area contributed by atoms with Crippen molar-refractivity contribution in [1.82, 2.24) is 14.5 Å². The van der Waals surface area contributed by atoms with Crippen LogP contribution in [0.4, 0.5) is 0 Å². The second-order valence-corrected chi connectivity index (χ2v) is 10.4. The fourth-order valence-electron chi connectivity index (χ4n) is 4.91. The van der Waals surface area contributed by atoms with Gasteiger partial charge >= 0.3 is 0 Å². The first kappa shape index (κ1) is 27.3. The normalized spacial score (nSPS) is 18.1. The Labute approximate surface area is 224 Å². The highest BCUT2D eigenvalue weighted by molar-refractivity contribution is 6.32. The van der Waals surface area contributed by atoms with Crippen molar-refractivity contribution in [2.45, 2.75) is 58.7 Å². The molecule has 0 spiro atoms. The van der Waals surface area contributed by atoms with E-state index in [1.54, 1.807) is 7.11 Å². The number of imidazole rings is 1. The van der Waals surface area contributed by atoms with Gasteiger partial charge in [-0.15, -0.1) is 0 Å². The standard InChI is InChI=1S/C29H38ClN3O4/c1-21-15-25(16-22(2)28(21)30)37-20-29(34)9-5-11-32(19-29)18-24-7-8-26(35-4)27(17-24)36-14-6-12-33-13-10-31-23(33)3/h7-8,10,13,15-17,34H,5-6,9,11-12,14,18-20H2,1-4H3. The average molecular weight is 528 g/mol. The number of aliphatic hydroxyl groups is 1. The summed E-state index contributed by atoms with van der Waals surface area (Å²) < 4.78 is 19.8. The van der Waals surface area contributed by atoms with Gasteiger partial charge in [0.1, 0.15) is 23.8 Å². The molecule has 0 aliphatic carbocycles. The molecular formula is C29H38ClN3O4. The first-order chi connectivity index (χ1) is 17.8. The van der Waals surface area contributed by atoms with Crippen LogP contribution >= 0.6 is 11.6 Å². The number of nitrogens with zero attached hydrogens (tertiary/aromatic N) is 3. The number of rotatable bonds is 11. The maximum atomic E-state index is 11.3. The summed E-state index contributed by atoms with van der Waals surface area (Å²) in [6.07, 6.45) is 6.29. The van der Waals surface area contributed by atoms with Gasteiger partial charge in [-0.25, -0.2) is 4.98 Å². The van der Waals surface area contributed by atoms with Gasteiger partial charge in [-0.1, -0.05) is 17.7 Å². The fourth-order valence-corrected chi connectivity index (χ4v) is 5.02. The molecule has 3 aromatic rings. The van der Waals surface area contributed by atoms with E-state index in [9.17, 15) is 5.11 Å². The van der Waals surface area contributed by atoms with Crippen molar-refractivity contribution in [1.29, 1.82) is 0 Å². The topological polar surface area (TPSA) is 69.0 Å². The summed E-state index contributed by atoms with van der Waals surface area (Å²) in [4.78, 5) is 6.54. The number of hydrogen-bond donors (Lipinski definition) is 1. The van der Waals surface area contributed by atoms with E-state index >= 15 is 0 Å². The zero-order valence-electron chi connectivity index (χ0n) is 22.3. The molecule has 1 aromatic heterocycles. The van der Waals surface area contributed by atoms with Crippen LogP contribution < -0.4 is 14.2 Å². The number of likely N-dealkylation sites (tertiary alicyclic amines) is 1. The molecule has 37 heavy (non-hydrogen) atoms. The second kappa shape index (κ2) is 12.2. The van der Waals surface area contributed by atoms with Crippen LogP contribution in [-0.2, 0) is 13.1 Å². The lowest BCUT2D eigenvalue weighted by Crippen LogP contribution is -2.51. The van der Waals surface area contributed by atoms with Gasteiger partial charge in [0.25, 0.3) is 0 Å². The SMILES string of the molecule is COc1ccc(CN2CCCC(O)(COc3cc(C)c(Cl)c(C)c3)C2)cc1OCCCn1ccnc1C. The van der Waals surface area contributed by atoms with Gasteiger partial charge in [0.05, 0.1) is 13.7 Å². The van der Waals surface area contributed by atoms with E-state index in [0.717, 1.165) is 77.3 Å². The third-order valence-corrected chi connectivity index (χ3v) is 7.51. The number of hydrogen-bond acceptors (Lipinski definition) is 6. The number of ether oxygens (including phenoxy) is 3. The summed E-state index contributed by atoms with van der Waals surface area (Å²) >= 11 is 6.28. The minimum Gasteiger partial charge on any atom is -0.493 e. The van der Waals surface area contributed by atoms with Crippen LogP contribution in [-0.4, -0.2) is 58.6 Å². The molecule has 1 N–H and O–H groups in total. The van der Waals surface area contributed by atoms with Gasteiger partial charge in [0.15, 0.2) is 11.5 Å². The Hall–Kier alpha value is -2.74. The minimum atomic E-state index is -0.906. The first-order valence-electron chi connectivity index (χ1n) is 12.9. The zero-order chi connectivity index (χ0) is 26.4. The maximum absolute atomic E-state index is 11.3. The number of halogens is 1. The third kappa shape index (κ3) is 7.18. The van der Waals surface area contributed by atoms with Crippen LogP contribution in [0.5, 0.6) is 17.2 Å². The summed E-state index contributed by atoms with van der Waals surface area (Å²) in [7, 11) is 1.66. The van der Waals surface area contributed by atoms with Crippen molar-refractivity contribution in [3.8, 4) is 17.2 Å². The minimum absolute atomic E-state index is 0.247. The van der Waals surface area contributed by atoms with Gasteiger partial charge in [-0.3, -0.25) is 4.90 Å². The van der Waals surface area contributed by atoms with E-state index < -0.39 is 5.60 Å². The van der Waals surface area contributed by atoms with Gasteiger partial charge in [-0.05, 0) is 87.5 Å². The van der Waals surface area contributed by atoms with Crippen molar-refractivity contribution in [2.24, 2.45) is 0 Å². The van der Waals surface area contributed by atoms with E-state index in [4.69, 9.17) is 25.8 Å². The molecule has 2 aromatic carbocycles. The van der Waals surface area contributed by atoms with Crippen LogP contribution in [0.3, 0.4) is 0 Å². The molecule has 4 rings (SSSR count). The summed E-state index contributed by atoms with van der Waals surface area (Å²) in [6, 6.07) is 9.91. The molecular weight excluding hydrogens is 490 g/mol. The zero-order valence-corrected chi connectivity index (χ0v) is 23.1. The lowest BCUT2D eigenvalue weighted by Gasteiger charge is -2.39. The van der Waals surface area contributed by atoms with E-state index in [-0.39, 0.29) is 6.61 Å². The molecule has 0 bridgehead atoms. The number of piperidine rings is 1. The molecule has 1 atom stereocenters. The predicted molar refractivity (Wildman–Crippen MR) is 146 cm³/mol. The first-order valence-corrected chi connectivity index (χ1v) is 13.3. The van der Waals surface area contributed by atoms with Crippen molar-refractivity contribution in [3.63, 3.8) is 0 Å². The largest absolute Gasteiger partial charge is 0.493 e. The van der Waals surface area contributed by atoms with E-state index in [1.165, 1.54) is 0 Å². The Bertz CT molecular complexity index is 1170. The predicted octanol–water partition coefficient (Wildman–Crippen LogP) is 5.35. The molecule has 2 heterocycles. The summed E-state index contributed by atoms with van der Waals surface area (Å²) in [5.41, 5.74) is 2.17. The van der Waals surface area contributed by atoms with Gasteiger partial charge in [-0.2, -0.15) is 0 Å². The lowest BCUT2D eigenvalue weighted by atomic mass is 9.93. The fraction of sp³-hybridized carbons (Fsp3) is 0.483. The number of β-amino-alcohol motifs (C(OH)–C–C–N with tert-alkyl or cyclic N) is 1. The molecule has 0 amide bonds. The highest BCUT2D eigenvalue weighted by Crippen LogP contribution is 2.31. The molecule has 0 saturated carbocycles. The number of methoxy groups -OCH3 is 1. The molecule has 7 nitrogen and oxygen atoms in total. The van der Waals surface area contributed by atoms with Crippen LogP contribution in [0.1, 0.15) is 41.8 Å². The molecule has 1 aliphatic rings. The molecule has 1 saturated heterocycles. The van der Waals surface area contributed by atoms with Crippen LogP contribution in [0.25, 0.3) is 0 Å². The Kier molecular flexibility index (Phi) is 9.00. The van der Waals surface area contributed by atoms with Gasteiger partial charge in [0, 0.05) is 37.1 Å². The van der Waals surface area contributed by atoms with Crippen molar-refractivity contribution >= 4 is 11.6 Å². The average Bonchev–Trinajstić information content (AvgIpc) is 3.28. The molecule has 8 heteroatoms. The smallest absolute Gasteiger partial charge is 0.161 e. The second-order valence-electron chi connectivity index (χ2n) is 10.1. The molecule has 1 fully saturated rings. The lowest BCUT2D eigenvalue weighted by molar-refractivity contribution is -0.0621. The van der Waals surface area contributed by atoms with E-state index in [1.807, 2.05) is 57.4 Å². The summed E-state index contributed by atoms with van der Waals surface area (Å²) in [5, 5.41) is 12.1. The highest BCUT2D eigenvalue weighted by Gasteiger charge is 2.34. The van der Waals surface area contributed by atoms with E-state index in [2.05, 4.69) is 20.5 Å². The van der Waals surface area contributed by atoms with E-state index in [0.29, 0.717) is 19.6 Å². The van der Waals surface area contributed by atoms with Crippen molar-refractivity contribution < 1.29 is 19.3 Å². The van der Waals surface area contributed by atoms with Crippen LogP contribution in [0, 0.1) is 20.8 Å². The third-order valence-electron chi connectivity index (χ3n) is 6.91. The van der Waals surface area contributed by atoms with Gasteiger partial charge < -0.3 is 23.9 Å². The molecule has 0 radical (unpaired) electrons. The molecule has 200 valence electrons. The van der Waals surface area contributed by atoms with Crippen molar-refractivity contribution in [3.05, 3.63) is 70.3 Å². The summed E-state index contributed by atoms with van der Waals surface area (Å²) in [6.45, 7) is 9.81. The van der Waals surface area contributed by atoms with Crippen molar-refractivity contribution in [2.75, 3.05) is 33.4 Å². The molecule has 1 aliphatic heterocycles. The number of aryl methyl sites for hydroxylation is 4. The van der Waals surface area contributed by atoms with Crippen LogP contribution in [0.2, 0.25) is 5.02 Å². The summed E-state index contributed by atoms with van der Waals surface area (Å²) in [5.74, 6) is 3.21.